The number of carboxylic acid groups (broad SMARTS) is 1. The Morgan fingerprint density at radius 3 is 2.45 bits per heavy atom. The van der Waals surface area contributed by atoms with Crippen LogP contribution in [0.15, 0.2) is 42.5 Å². The van der Waals surface area contributed by atoms with Crippen LogP contribution in [-0.4, -0.2) is 60.3 Å². The lowest BCUT2D eigenvalue weighted by Crippen LogP contribution is -2.58. The first kappa shape index (κ1) is 28.5. The number of likely N-dealkylation sites (tertiary alicyclic amines) is 1. The van der Waals surface area contributed by atoms with Gasteiger partial charge in [0.1, 0.15) is 11.4 Å². The number of ether oxygens (including phenoxy) is 1. The number of alkyl halides is 3. The van der Waals surface area contributed by atoms with Crippen molar-refractivity contribution in [3.05, 3.63) is 65.0 Å². The number of anilines is 1. The molecule has 4 atom stereocenters. The lowest BCUT2D eigenvalue weighted by Gasteiger charge is -2.47. The minimum atomic E-state index is -4.73. The van der Waals surface area contributed by atoms with Crippen molar-refractivity contribution in [2.45, 2.75) is 62.8 Å². The van der Waals surface area contributed by atoms with E-state index in [0.29, 0.717) is 25.5 Å². The molecule has 0 aromatic heterocycles. The molecule has 1 saturated carbocycles. The highest BCUT2D eigenvalue weighted by Crippen LogP contribution is 2.49. The largest absolute Gasteiger partial charge is 0.478 e. The zero-order chi connectivity index (χ0) is 28.8. The van der Waals surface area contributed by atoms with Gasteiger partial charge in [0.15, 0.2) is 0 Å². The summed E-state index contributed by atoms with van der Waals surface area (Å²) < 4.78 is 60.3. The van der Waals surface area contributed by atoms with Crippen molar-refractivity contribution in [1.82, 2.24) is 4.90 Å². The van der Waals surface area contributed by atoms with E-state index in [-0.39, 0.29) is 35.0 Å². The number of aromatic carboxylic acids is 1. The molecule has 0 bridgehead atoms. The Kier molecular flexibility index (Phi) is 7.69. The fraction of sp³-hybridized carbons (Fsp3) is 0.533. The van der Waals surface area contributed by atoms with Crippen molar-refractivity contribution >= 4 is 17.6 Å². The fourth-order valence-electron chi connectivity index (χ4n) is 6.52. The van der Waals surface area contributed by atoms with Gasteiger partial charge in [-0.25, -0.2) is 9.18 Å². The van der Waals surface area contributed by atoms with Crippen LogP contribution in [0, 0.1) is 17.7 Å². The van der Waals surface area contributed by atoms with Gasteiger partial charge < -0.3 is 14.7 Å². The molecule has 1 amide bonds. The molecule has 40 heavy (non-hydrogen) atoms. The Morgan fingerprint density at radius 2 is 1.85 bits per heavy atom. The first-order chi connectivity index (χ1) is 18.9. The molecule has 216 valence electrons. The van der Waals surface area contributed by atoms with Gasteiger partial charge in [-0.05, 0) is 92.3 Å². The van der Waals surface area contributed by atoms with Crippen LogP contribution in [0.5, 0.6) is 0 Å². The first-order valence-electron chi connectivity index (χ1n) is 13.8. The number of benzene rings is 2. The number of hydrogen-bond acceptors (Lipinski definition) is 4. The number of carbonyl (C=O) groups excluding carboxylic acids is 1. The number of carbonyl (C=O) groups is 2. The van der Waals surface area contributed by atoms with Crippen molar-refractivity contribution in [1.29, 1.82) is 0 Å². The SMILES string of the molecule is C[C@H]1CN([C@@H]2CC[C@@](C(=O)N(C)c3cc(F)cc(C(F)(F)F)c3)(C3CC3)OC2)CC[C@@H]1c1cccc(C(=O)O)c1. The Bertz CT molecular complexity index is 1270. The second-order valence-electron chi connectivity index (χ2n) is 11.5. The van der Waals surface area contributed by atoms with Gasteiger partial charge in [0.25, 0.3) is 5.91 Å². The van der Waals surface area contributed by atoms with E-state index in [1.54, 1.807) is 18.2 Å². The van der Waals surface area contributed by atoms with Crippen LogP contribution in [-0.2, 0) is 15.7 Å². The van der Waals surface area contributed by atoms with Crippen LogP contribution in [0.3, 0.4) is 0 Å². The van der Waals surface area contributed by atoms with Crippen molar-refractivity contribution < 1.29 is 37.0 Å². The van der Waals surface area contributed by atoms with Crippen molar-refractivity contribution in [2.75, 3.05) is 31.6 Å². The van der Waals surface area contributed by atoms with E-state index in [9.17, 15) is 32.3 Å². The van der Waals surface area contributed by atoms with E-state index in [2.05, 4.69) is 11.8 Å². The number of hydrogen-bond donors (Lipinski definition) is 1. The normalized spacial score (nSPS) is 27.8. The van der Waals surface area contributed by atoms with Gasteiger partial charge in [-0.3, -0.25) is 9.69 Å². The van der Waals surface area contributed by atoms with Crippen LogP contribution in [0.1, 0.15) is 66.4 Å². The summed E-state index contributed by atoms with van der Waals surface area (Å²) in [6.45, 7) is 4.12. The van der Waals surface area contributed by atoms with E-state index in [1.807, 2.05) is 6.07 Å². The van der Waals surface area contributed by atoms with Crippen LogP contribution in [0.4, 0.5) is 23.2 Å². The molecule has 2 aromatic carbocycles. The molecular weight excluding hydrogens is 528 g/mol. The quantitative estimate of drug-likeness (QED) is 0.440. The first-order valence-corrected chi connectivity index (χ1v) is 13.8. The summed E-state index contributed by atoms with van der Waals surface area (Å²) in [5, 5.41) is 9.36. The fourth-order valence-corrected chi connectivity index (χ4v) is 6.52. The van der Waals surface area contributed by atoms with Crippen LogP contribution >= 0.6 is 0 Å². The molecule has 3 fully saturated rings. The van der Waals surface area contributed by atoms with Crippen LogP contribution < -0.4 is 4.90 Å². The van der Waals surface area contributed by atoms with Gasteiger partial charge in [-0.2, -0.15) is 13.2 Å². The highest BCUT2D eigenvalue weighted by atomic mass is 19.4. The lowest BCUT2D eigenvalue weighted by atomic mass is 9.79. The smallest absolute Gasteiger partial charge is 0.416 e. The summed E-state index contributed by atoms with van der Waals surface area (Å²) in [5.41, 5.74) is -1.10. The second kappa shape index (κ2) is 10.8. The Hall–Kier alpha value is -2.98. The van der Waals surface area contributed by atoms with Crippen molar-refractivity contribution in [3.8, 4) is 0 Å². The molecule has 2 saturated heterocycles. The highest BCUT2D eigenvalue weighted by molar-refractivity contribution is 5.99. The number of rotatable bonds is 6. The minimum Gasteiger partial charge on any atom is -0.478 e. The van der Waals surface area contributed by atoms with Crippen LogP contribution in [0.2, 0.25) is 0 Å². The third-order valence-electron chi connectivity index (χ3n) is 8.90. The standard InChI is InChI=1S/C30H34F4N2O4/c1-18-16-36(11-9-26(18)19-4-3-5-20(12-19)27(37)38)24-8-10-29(40-17-24,21-6-7-21)28(39)35(2)25-14-22(30(32,33)34)13-23(31)15-25/h3-5,12-15,18,21,24,26H,6-11,16-17H2,1-2H3,(H,37,38)/t18-,24+,26-,29-/m0/s1. The predicted octanol–water partition coefficient (Wildman–Crippen LogP) is 5.96. The number of amides is 1. The van der Waals surface area contributed by atoms with E-state index in [4.69, 9.17) is 4.74 Å². The third-order valence-corrected chi connectivity index (χ3v) is 8.90. The molecule has 3 aliphatic rings. The van der Waals surface area contributed by atoms with Crippen LogP contribution in [0.25, 0.3) is 0 Å². The van der Waals surface area contributed by atoms with E-state index in [0.717, 1.165) is 54.9 Å². The summed E-state index contributed by atoms with van der Waals surface area (Å²) >= 11 is 0. The maximum Gasteiger partial charge on any atom is 0.416 e. The summed E-state index contributed by atoms with van der Waals surface area (Å²) in [5.74, 6) is -1.90. The average molecular weight is 563 g/mol. The molecule has 2 aliphatic heterocycles. The molecule has 0 radical (unpaired) electrons. The molecule has 2 aromatic rings. The van der Waals surface area contributed by atoms with Gasteiger partial charge in [0, 0.05) is 25.3 Å². The highest BCUT2D eigenvalue weighted by Gasteiger charge is 2.55. The van der Waals surface area contributed by atoms with Gasteiger partial charge in [-0.15, -0.1) is 0 Å². The van der Waals surface area contributed by atoms with E-state index < -0.39 is 35.0 Å². The second-order valence-corrected chi connectivity index (χ2v) is 11.5. The van der Waals surface area contributed by atoms with Gasteiger partial charge in [-0.1, -0.05) is 19.1 Å². The molecule has 0 spiro atoms. The zero-order valence-corrected chi connectivity index (χ0v) is 22.6. The Balaban J connectivity index is 1.26. The van der Waals surface area contributed by atoms with Gasteiger partial charge in [0.05, 0.1) is 17.7 Å². The van der Waals surface area contributed by atoms with E-state index >= 15 is 0 Å². The molecule has 5 rings (SSSR count). The number of likely N-dealkylation sites (N-methyl/N-ethyl adjacent to an activating group) is 1. The Morgan fingerprint density at radius 1 is 1.10 bits per heavy atom. The topological polar surface area (TPSA) is 70.1 Å². The van der Waals surface area contributed by atoms with Crippen molar-refractivity contribution in [2.24, 2.45) is 11.8 Å². The average Bonchev–Trinajstić information content (AvgIpc) is 3.78. The molecule has 1 aliphatic carbocycles. The maximum absolute atomic E-state index is 14.1. The molecular formula is C30H34F4N2O4. The Labute approximate surface area is 230 Å². The molecule has 6 nitrogen and oxygen atoms in total. The zero-order valence-electron chi connectivity index (χ0n) is 22.6. The van der Waals surface area contributed by atoms with Gasteiger partial charge >= 0.3 is 12.1 Å². The number of halogens is 4. The lowest BCUT2D eigenvalue weighted by molar-refractivity contribution is -0.162. The maximum atomic E-state index is 14.1. The van der Waals surface area contributed by atoms with Gasteiger partial charge in [0.2, 0.25) is 0 Å². The predicted molar refractivity (Wildman–Crippen MR) is 141 cm³/mol. The van der Waals surface area contributed by atoms with E-state index in [1.165, 1.54) is 7.05 Å². The minimum absolute atomic E-state index is 0.00906. The molecule has 0 unspecified atom stereocenters. The summed E-state index contributed by atoms with van der Waals surface area (Å²) in [7, 11) is 1.38. The molecule has 1 N–H and O–H groups in total. The summed E-state index contributed by atoms with van der Waals surface area (Å²) in [6.07, 6.45) is -1.09. The summed E-state index contributed by atoms with van der Waals surface area (Å²) in [4.78, 5) is 28.6. The third kappa shape index (κ3) is 5.61. The number of piperidine rings is 1. The summed E-state index contributed by atoms with van der Waals surface area (Å²) in [6, 6.07) is 9.38. The molecule has 2 heterocycles. The monoisotopic (exact) mass is 562 g/mol. The molecule has 10 heteroatoms. The number of nitrogens with zero attached hydrogens (tertiary/aromatic N) is 2. The van der Waals surface area contributed by atoms with Crippen molar-refractivity contribution in [3.63, 3.8) is 0 Å². The number of carboxylic acids is 1.